The Kier molecular flexibility index (Phi) is 5.41. The highest BCUT2D eigenvalue weighted by Crippen LogP contribution is 2.15. The fraction of sp³-hybridized carbons (Fsp3) is 0.562. The fourth-order valence-corrected chi connectivity index (χ4v) is 2.24. The van der Waals surface area contributed by atoms with Crippen LogP contribution in [0.1, 0.15) is 43.5 Å². The maximum Gasteiger partial charge on any atom is 0.251 e. The van der Waals surface area contributed by atoms with Crippen molar-refractivity contribution in [1.82, 2.24) is 10.6 Å². The molecule has 2 N–H and O–H groups in total. The van der Waals surface area contributed by atoms with E-state index < -0.39 is 0 Å². The van der Waals surface area contributed by atoms with Gasteiger partial charge in [-0.25, -0.2) is 0 Å². The summed E-state index contributed by atoms with van der Waals surface area (Å²) < 4.78 is 5.71. The first-order valence-electron chi connectivity index (χ1n) is 7.47. The highest BCUT2D eigenvalue weighted by molar-refractivity contribution is 5.94. The van der Waals surface area contributed by atoms with Gasteiger partial charge in [0.2, 0.25) is 0 Å². The molecule has 0 radical (unpaired) electrons. The predicted octanol–water partition coefficient (Wildman–Crippen LogP) is 2.35. The highest BCUT2D eigenvalue weighted by Gasteiger charge is 2.16. The van der Waals surface area contributed by atoms with Gasteiger partial charge >= 0.3 is 0 Å². The van der Waals surface area contributed by atoms with Gasteiger partial charge in [0.05, 0.1) is 6.10 Å². The lowest BCUT2D eigenvalue weighted by Gasteiger charge is -2.23. The molecule has 1 unspecified atom stereocenters. The second-order valence-electron chi connectivity index (χ2n) is 5.36. The molecular weight excluding hydrogens is 252 g/mol. The molecule has 1 aliphatic heterocycles. The largest absolute Gasteiger partial charge is 0.491 e. The molecule has 1 saturated heterocycles. The van der Waals surface area contributed by atoms with Gasteiger partial charge in [0.15, 0.2) is 0 Å². The topological polar surface area (TPSA) is 50.4 Å². The Morgan fingerprint density at radius 2 is 2.00 bits per heavy atom. The molecule has 1 aromatic rings. The molecule has 1 fully saturated rings. The third-order valence-corrected chi connectivity index (χ3v) is 3.70. The zero-order valence-corrected chi connectivity index (χ0v) is 12.3. The van der Waals surface area contributed by atoms with E-state index in [9.17, 15) is 4.79 Å². The summed E-state index contributed by atoms with van der Waals surface area (Å²) >= 11 is 0. The van der Waals surface area contributed by atoms with Gasteiger partial charge < -0.3 is 15.4 Å². The van der Waals surface area contributed by atoms with Crippen molar-refractivity contribution in [3.05, 3.63) is 29.8 Å². The van der Waals surface area contributed by atoms with Gasteiger partial charge in [-0.3, -0.25) is 4.79 Å². The van der Waals surface area contributed by atoms with Crippen LogP contribution < -0.4 is 15.4 Å². The van der Waals surface area contributed by atoms with Crippen molar-refractivity contribution in [2.24, 2.45) is 0 Å². The highest BCUT2D eigenvalue weighted by atomic mass is 16.5. The Morgan fingerprint density at radius 1 is 1.35 bits per heavy atom. The van der Waals surface area contributed by atoms with Crippen LogP contribution >= 0.6 is 0 Å². The molecule has 1 amide bonds. The standard InChI is InChI=1S/C16H24N2O2/c1-3-12(2)20-15-6-4-13(5-7-15)16(19)18-14-8-10-17-11-9-14/h4-7,12,14,17H,3,8-11H2,1-2H3,(H,18,19). The van der Waals surface area contributed by atoms with E-state index in [0.29, 0.717) is 11.6 Å². The second-order valence-corrected chi connectivity index (χ2v) is 5.36. The van der Waals surface area contributed by atoms with Crippen LogP contribution in [-0.4, -0.2) is 31.1 Å². The first-order valence-corrected chi connectivity index (χ1v) is 7.47. The number of hydrogen-bond donors (Lipinski definition) is 2. The normalized spacial score (nSPS) is 17.5. The van der Waals surface area contributed by atoms with Crippen LogP contribution in [0, 0.1) is 0 Å². The van der Waals surface area contributed by atoms with Gasteiger partial charge in [-0.15, -0.1) is 0 Å². The molecule has 110 valence electrons. The Morgan fingerprint density at radius 3 is 2.60 bits per heavy atom. The van der Waals surface area contributed by atoms with E-state index in [2.05, 4.69) is 17.6 Å². The van der Waals surface area contributed by atoms with E-state index in [1.807, 2.05) is 31.2 Å². The summed E-state index contributed by atoms with van der Waals surface area (Å²) in [4.78, 5) is 12.1. The lowest BCUT2D eigenvalue weighted by Crippen LogP contribution is -2.42. The van der Waals surface area contributed by atoms with Gasteiger partial charge in [0.25, 0.3) is 5.91 Å². The van der Waals surface area contributed by atoms with Crippen molar-refractivity contribution in [3.8, 4) is 5.75 Å². The number of piperidine rings is 1. The lowest BCUT2D eigenvalue weighted by molar-refractivity contribution is 0.0929. The first kappa shape index (κ1) is 14.9. The van der Waals surface area contributed by atoms with Gasteiger partial charge in [-0.1, -0.05) is 6.92 Å². The van der Waals surface area contributed by atoms with Crippen molar-refractivity contribution < 1.29 is 9.53 Å². The zero-order chi connectivity index (χ0) is 14.4. The number of carbonyl (C=O) groups is 1. The molecule has 4 nitrogen and oxygen atoms in total. The van der Waals surface area contributed by atoms with Crippen LogP contribution in [0.15, 0.2) is 24.3 Å². The number of benzene rings is 1. The van der Waals surface area contributed by atoms with Crippen LogP contribution in [0.5, 0.6) is 5.75 Å². The summed E-state index contributed by atoms with van der Waals surface area (Å²) in [5, 5.41) is 6.38. The Balaban J connectivity index is 1.89. The maximum absolute atomic E-state index is 12.1. The Hall–Kier alpha value is -1.55. The van der Waals surface area contributed by atoms with E-state index in [1.165, 1.54) is 0 Å². The SMILES string of the molecule is CCC(C)Oc1ccc(C(=O)NC2CCNCC2)cc1. The molecule has 1 aliphatic rings. The van der Waals surface area contributed by atoms with E-state index >= 15 is 0 Å². The molecule has 1 atom stereocenters. The Bertz CT molecular complexity index is 425. The molecule has 0 spiro atoms. The summed E-state index contributed by atoms with van der Waals surface area (Å²) in [6, 6.07) is 7.68. The molecule has 0 bridgehead atoms. The second kappa shape index (κ2) is 7.29. The fourth-order valence-electron chi connectivity index (χ4n) is 2.24. The van der Waals surface area contributed by atoms with Gasteiger partial charge in [0, 0.05) is 11.6 Å². The number of amides is 1. The van der Waals surface area contributed by atoms with Crippen molar-refractivity contribution >= 4 is 5.91 Å². The average Bonchev–Trinajstić information content (AvgIpc) is 2.49. The van der Waals surface area contributed by atoms with Crippen molar-refractivity contribution in [3.63, 3.8) is 0 Å². The number of rotatable bonds is 5. The number of carbonyl (C=O) groups excluding carboxylic acids is 1. The molecule has 0 aliphatic carbocycles. The summed E-state index contributed by atoms with van der Waals surface area (Å²) in [6.07, 6.45) is 3.17. The smallest absolute Gasteiger partial charge is 0.251 e. The van der Waals surface area contributed by atoms with E-state index in [-0.39, 0.29) is 12.0 Å². The molecule has 1 aromatic carbocycles. The van der Waals surface area contributed by atoms with Crippen LogP contribution in [0.3, 0.4) is 0 Å². The monoisotopic (exact) mass is 276 g/mol. The summed E-state index contributed by atoms with van der Waals surface area (Å²) in [5.74, 6) is 0.824. The number of nitrogens with one attached hydrogen (secondary N) is 2. The zero-order valence-electron chi connectivity index (χ0n) is 12.3. The summed E-state index contributed by atoms with van der Waals surface area (Å²) in [6.45, 7) is 6.09. The van der Waals surface area contributed by atoms with Crippen molar-refractivity contribution in [1.29, 1.82) is 0 Å². The minimum Gasteiger partial charge on any atom is -0.491 e. The molecule has 0 saturated carbocycles. The van der Waals surface area contributed by atoms with Crippen molar-refractivity contribution in [2.75, 3.05) is 13.1 Å². The first-order chi connectivity index (χ1) is 9.69. The minimum atomic E-state index is 0.00647. The van der Waals surface area contributed by atoms with E-state index in [0.717, 1.165) is 38.1 Å². The summed E-state index contributed by atoms with van der Waals surface area (Å²) in [5.41, 5.74) is 0.694. The maximum atomic E-state index is 12.1. The van der Waals surface area contributed by atoms with Gasteiger partial charge in [0.1, 0.15) is 5.75 Å². The summed E-state index contributed by atoms with van der Waals surface area (Å²) in [7, 11) is 0. The van der Waals surface area contributed by atoms with E-state index in [4.69, 9.17) is 4.74 Å². The van der Waals surface area contributed by atoms with Crippen LogP contribution in [0.25, 0.3) is 0 Å². The third kappa shape index (κ3) is 4.23. The minimum absolute atomic E-state index is 0.00647. The molecule has 0 aromatic heterocycles. The van der Waals surface area contributed by atoms with Crippen LogP contribution in [0.4, 0.5) is 0 Å². The number of hydrogen-bond acceptors (Lipinski definition) is 3. The lowest BCUT2D eigenvalue weighted by atomic mass is 10.1. The van der Waals surface area contributed by atoms with Crippen molar-refractivity contribution in [2.45, 2.75) is 45.3 Å². The molecule has 1 heterocycles. The van der Waals surface area contributed by atoms with Gasteiger partial charge in [-0.2, -0.15) is 0 Å². The molecule has 4 heteroatoms. The van der Waals surface area contributed by atoms with Gasteiger partial charge in [-0.05, 0) is 63.5 Å². The molecular formula is C16H24N2O2. The van der Waals surface area contributed by atoms with Crippen LogP contribution in [0.2, 0.25) is 0 Å². The average molecular weight is 276 g/mol. The van der Waals surface area contributed by atoms with E-state index in [1.54, 1.807) is 0 Å². The molecule has 20 heavy (non-hydrogen) atoms. The molecule has 2 rings (SSSR count). The predicted molar refractivity (Wildman–Crippen MR) is 80.2 cm³/mol. The number of ether oxygens (including phenoxy) is 1. The Labute approximate surface area is 120 Å². The quantitative estimate of drug-likeness (QED) is 0.868. The van der Waals surface area contributed by atoms with Crippen LogP contribution in [-0.2, 0) is 0 Å². The third-order valence-electron chi connectivity index (χ3n) is 3.70.